The highest BCUT2D eigenvalue weighted by Crippen LogP contribution is 2.21. The van der Waals surface area contributed by atoms with Gasteiger partial charge >= 0.3 is 0 Å². The van der Waals surface area contributed by atoms with Crippen molar-refractivity contribution in [3.63, 3.8) is 0 Å². The van der Waals surface area contributed by atoms with E-state index in [9.17, 15) is 4.79 Å². The molecule has 4 heteroatoms. The quantitative estimate of drug-likeness (QED) is 0.539. The van der Waals surface area contributed by atoms with Crippen LogP contribution in [0.4, 0.5) is 0 Å². The van der Waals surface area contributed by atoms with Crippen molar-refractivity contribution in [2.24, 2.45) is 0 Å². The van der Waals surface area contributed by atoms with Gasteiger partial charge in [-0.3, -0.25) is 14.8 Å². The van der Waals surface area contributed by atoms with E-state index in [0.717, 1.165) is 9.40 Å². The SMILES string of the molecule is O=c1c2ncccc2sc2cccnc12. The van der Waals surface area contributed by atoms with Crippen molar-refractivity contribution in [1.29, 1.82) is 0 Å². The van der Waals surface area contributed by atoms with Crippen LogP contribution >= 0.6 is 11.3 Å². The summed E-state index contributed by atoms with van der Waals surface area (Å²) in [5, 5.41) is 0. The Bertz CT molecular complexity index is 648. The van der Waals surface area contributed by atoms with E-state index in [1.54, 1.807) is 23.7 Å². The van der Waals surface area contributed by atoms with Crippen LogP contribution < -0.4 is 5.43 Å². The number of fused-ring (bicyclic) bond motifs is 2. The Kier molecular flexibility index (Phi) is 1.76. The van der Waals surface area contributed by atoms with Crippen LogP contribution in [0.25, 0.3) is 20.4 Å². The normalized spacial score (nSPS) is 10.9. The lowest BCUT2D eigenvalue weighted by Gasteiger charge is -1.97. The minimum atomic E-state index is -0.0834. The Hall–Kier alpha value is -1.81. The Morgan fingerprint density at radius 2 is 1.47 bits per heavy atom. The first-order valence-corrected chi connectivity index (χ1v) is 5.30. The molecule has 0 saturated heterocycles. The highest BCUT2D eigenvalue weighted by molar-refractivity contribution is 7.24. The lowest BCUT2D eigenvalue weighted by molar-refractivity contribution is 1.37. The molecule has 3 aromatic rings. The molecular formula is C11H6N2OS. The minimum Gasteiger partial charge on any atom is -0.285 e. The Balaban J connectivity index is 2.66. The number of hydrogen-bond donors (Lipinski definition) is 0. The summed E-state index contributed by atoms with van der Waals surface area (Å²) in [4.78, 5) is 20.1. The van der Waals surface area contributed by atoms with Crippen LogP contribution in [0.3, 0.4) is 0 Å². The van der Waals surface area contributed by atoms with Gasteiger partial charge in [0, 0.05) is 12.4 Å². The maximum atomic E-state index is 12.0. The van der Waals surface area contributed by atoms with Gasteiger partial charge in [-0.15, -0.1) is 11.3 Å². The van der Waals surface area contributed by atoms with Crippen LogP contribution in [0.15, 0.2) is 41.5 Å². The number of hydrogen-bond acceptors (Lipinski definition) is 4. The van der Waals surface area contributed by atoms with Crippen molar-refractivity contribution in [3.8, 4) is 0 Å². The van der Waals surface area contributed by atoms with E-state index in [1.165, 1.54) is 0 Å². The smallest absolute Gasteiger partial charge is 0.232 e. The van der Waals surface area contributed by atoms with Gasteiger partial charge in [0.1, 0.15) is 11.0 Å². The van der Waals surface area contributed by atoms with Crippen LogP contribution in [-0.2, 0) is 0 Å². The second kappa shape index (κ2) is 3.10. The van der Waals surface area contributed by atoms with E-state index in [1.807, 2.05) is 24.3 Å². The predicted octanol–water partition coefficient (Wildman–Crippen LogP) is 2.20. The predicted molar refractivity (Wildman–Crippen MR) is 61.2 cm³/mol. The van der Waals surface area contributed by atoms with Gasteiger partial charge in [-0.2, -0.15) is 0 Å². The Morgan fingerprint density at radius 3 is 2.00 bits per heavy atom. The fourth-order valence-electron chi connectivity index (χ4n) is 1.52. The fraction of sp³-hybridized carbons (Fsp3) is 0. The summed E-state index contributed by atoms with van der Waals surface area (Å²) in [6.45, 7) is 0. The molecule has 72 valence electrons. The van der Waals surface area contributed by atoms with Crippen molar-refractivity contribution in [2.45, 2.75) is 0 Å². The summed E-state index contributed by atoms with van der Waals surface area (Å²) in [6, 6.07) is 7.47. The van der Waals surface area contributed by atoms with Gasteiger partial charge in [-0.25, -0.2) is 0 Å². The first-order chi connectivity index (χ1) is 7.36. The molecule has 0 fully saturated rings. The lowest BCUT2D eigenvalue weighted by atomic mass is 10.3. The highest BCUT2D eigenvalue weighted by Gasteiger charge is 2.06. The zero-order chi connectivity index (χ0) is 10.3. The van der Waals surface area contributed by atoms with Gasteiger partial charge in [0.2, 0.25) is 5.43 Å². The van der Waals surface area contributed by atoms with Crippen LogP contribution in [-0.4, -0.2) is 9.97 Å². The zero-order valence-corrected chi connectivity index (χ0v) is 8.49. The first-order valence-electron chi connectivity index (χ1n) is 4.49. The number of nitrogens with zero attached hydrogens (tertiary/aromatic N) is 2. The molecule has 0 N–H and O–H groups in total. The first kappa shape index (κ1) is 8.49. The maximum absolute atomic E-state index is 12.0. The molecule has 0 atom stereocenters. The monoisotopic (exact) mass is 214 g/mol. The zero-order valence-electron chi connectivity index (χ0n) is 7.68. The van der Waals surface area contributed by atoms with Gasteiger partial charge in [-0.05, 0) is 24.3 Å². The van der Waals surface area contributed by atoms with Gasteiger partial charge in [0.15, 0.2) is 0 Å². The van der Waals surface area contributed by atoms with Crippen LogP contribution in [0.1, 0.15) is 0 Å². The molecule has 0 spiro atoms. The standard InChI is InChI=1S/C11H6N2OS/c14-11-9-7(3-1-5-12-9)15-8-4-2-6-13-10(8)11/h1-6H. The third-order valence-electron chi connectivity index (χ3n) is 2.19. The number of aromatic nitrogens is 2. The molecule has 0 unspecified atom stereocenters. The molecule has 0 amide bonds. The van der Waals surface area contributed by atoms with Gasteiger partial charge < -0.3 is 0 Å². The van der Waals surface area contributed by atoms with Crippen LogP contribution in [0, 0.1) is 0 Å². The molecule has 0 saturated carbocycles. The molecule has 3 nitrogen and oxygen atoms in total. The van der Waals surface area contributed by atoms with E-state index in [0.29, 0.717) is 11.0 Å². The van der Waals surface area contributed by atoms with E-state index >= 15 is 0 Å². The fourth-order valence-corrected chi connectivity index (χ4v) is 2.53. The Morgan fingerprint density at radius 1 is 0.933 bits per heavy atom. The molecule has 3 aromatic heterocycles. The largest absolute Gasteiger partial charge is 0.285 e. The summed E-state index contributed by atoms with van der Waals surface area (Å²) in [5.74, 6) is 0. The molecule has 3 rings (SSSR count). The number of pyridine rings is 2. The second-order valence-electron chi connectivity index (χ2n) is 3.13. The van der Waals surface area contributed by atoms with Crippen molar-refractivity contribution in [3.05, 3.63) is 46.9 Å². The maximum Gasteiger partial charge on any atom is 0.232 e. The summed E-state index contributed by atoms with van der Waals surface area (Å²) >= 11 is 1.54. The third kappa shape index (κ3) is 1.22. The summed E-state index contributed by atoms with van der Waals surface area (Å²) in [7, 11) is 0. The average molecular weight is 214 g/mol. The van der Waals surface area contributed by atoms with Crippen LogP contribution in [0.5, 0.6) is 0 Å². The van der Waals surface area contributed by atoms with Gasteiger partial charge in [0.25, 0.3) is 0 Å². The topological polar surface area (TPSA) is 42.9 Å². The molecule has 0 aliphatic heterocycles. The lowest BCUT2D eigenvalue weighted by Crippen LogP contribution is -2.04. The third-order valence-corrected chi connectivity index (χ3v) is 3.29. The molecule has 3 heterocycles. The van der Waals surface area contributed by atoms with Crippen LogP contribution in [0.2, 0.25) is 0 Å². The highest BCUT2D eigenvalue weighted by atomic mass is 32.1. The minimum absolute atomic E-state index is 0.0834. The molecular weight excluding hydrogens is 208 g/mol. The summed E-state index contributed by atoms with van der Waals surface area (Å²) < 4.78 is 1.81. The van der Waals surface area contributed by atoms with Crippen molar-refractivity contribution in [1.82, 2.24) is 9.97 Å². The van der Waals surface area contributed by atoms with E-state index in [4.69, 9.17) is 0 Å². The molecule has 0 aliphatic carbocycles. The van der Waals surface area contributed by atoms with Gasteiger partial charge in [-0.1, -0.05) is 0 Å². The molecule has 0 aromatic carbocycles. The van der Waals surface area contributed by atoms with E-state index in [-0.39, 0.29) is 5.43 Å². The average Bonchev–Trinajstić information content (AvgIpc) is 2.30. The van der Waals surface area contributed by atoms with Crippen molar-refractivity contribution >= 4 is 31.8 Å². The summed E-state index contributed by atoms with van der Waals surface area (Å²) in [5.41, 5.74) is 0.933. The molecule has 0 bridgehead atoms. The second-order valence-corrected chi connectivity index (χ2v) is 4.22. The Labute approximate surface area is 89.0 Å². The van der Waals surface area contributed by atoms with Crippen molar-refractivity contribution < 1.29 is 0 Å². The van der Waals surface area contributed by atoms with Crippen molar-refractivity contribution in [2.75, 3.05) is 0 Å². The van der Waals surface area contributed by atoms with E-state index < -0.39 is 0 Å². The molecule has 0 aliphatic rings. The van der Waals surface area contributed by atoms with E-state index in [2.05, 4.69) is 9.97 Å². The number of rotatable bonds is 0. The van der Waals surface area contributed by atoms with Gasteiger partial charge in [0.05, 0.1) is 9.40 Å². The molecule has 0 radical (unpaired) electrons. The summed E-state index contributed by atoms with van der Waals surface area (Å²) in [6.07, 6.45) is 3.26. The molecule has 15 heavy (non-hydrogen) atoms.